The minimum atomic E-state index is -3.12. The molecule has 0 aliphatic carbocycles. The van der Waals surface area contributed by atoms with Crippen LogP contribution in [0.25, 0.3) is 0 Å². The molecule has 1 rings (SSSR count). The molecule has 1 unspecified atom stereocenters. The van der Waals surface area contributed by atoms with Gasteiger partial charge in [-0.05, 0) is 25.7 Å². The van der Waals surface area contributed by atoms with E-state index in [0.29, 0.717) is 13.0 Å². The van der Waals surface area contributed by atoms with Crippen LogP contribution in [0.4, 0.5) is 0 Å². The molecule has 0 bridgehead atoms. The topological polar surface area (TPSA) is 66.5 Å². The molecule has 5 nitrogen and oxygen atoms in total. The van der Waals surface area contributed by atoms with E-state index in [-0.39, 0.29) is 11.9 Å². The molecule has 1 saturated heterocycles. The minimum Gasteiger partial charge on any atom is -0.340 e. The number of rotatable bonds is 4. The SMILES string of the molecule is CC(=O)N1CCCCC1CCNS(C)(=O)=O. The molecule has 0 aromatic rings. The van der Waals surface area contributed by atoms with Gasteiger partial charge in [0.05, 0.1) is 6.26 Å². The lowest BCUT2D eigenvalue weighted by Gasteiger charge is -2.35. The van der Waals surface area contributed by atoms with Crippen molar-refractivity contribution in [3.63, 3.8) is 0 Å². The van der Waals surface area contributed by atoms with Gasteiger partial charge in [-0.1, -0.05) is 0 Å². The monoisotopic (exact) mass is 248 g/mol. The Bertz CT molecular complexity index is 340. The van der Waals surface area contributed by atoms with Crippen molar-refractivity contribution in [1.29, 1.82) is 0 Å². The molecule has 0 aromatic carbocycles. The van der Waals surface area contributed by atoms with E-state index < -0.39 is 10.0 Å². The van der Waals surface area contributed by atoms with Crippen LogP contribution in [-0.2, 0) is 14.8 Å². The van der Waals surface area contributed by atoms with Gasteiger partial charge in [-0.3, -0.25) is 4.79 Å². The molecule has 1 amide bonds. The minimum absolute atomic E-state index is 0.0871. The molecular formula is C10H20N2O3S. The summed E-state index contributed by atoms with van der Waals surface area (Å²) in [5.74, 6) is 0.0871. The number of sulfonamides is 1. The standard InChI is InChI=1S/C10H20N2O3S/c1-9(13)12-8-4-3-5-10(12)6-7-11-16(2,14)15/h10-11H,3-8H2,1-2H3. The maximum Gasteiger partial charge on any atom is 0.219 e. The zero-order chi connectivity index (χ0) is 12.2. The third-order valence-corrected chi connectivity index (χ3v) is 3.60. The quantitative estimate of drug-likeness (QED) is 0.779. The van der Waals surface area contributed by atoms with Crippen molar-refractivity contribution in [2.75, 3.05) is 19.3 Å². The molecule has 1 atom stereocenters. The highest BCUT2D eigenvalue weighted by Crippen LogP contribution is 2.19. The summed E-state index contributed by atoms with van der Waals surface area (Å²) in [6.45, 7) is 2.79. The molecular weight excluding hydrogens is 228 g/mol. The first-order valence-corrected chi connectivity index (χ1v) is 7.51. The number of carbonyl (C=O) groups excluding carboxylic acids is 1. The maximum atomic E-state index is 11.4. The summed E-state index contributed by atoms with van der Waals surface area (Å²) in [5, 5.41) is 0. The maximum absolute atomic E-state index is 11.4. The first-order valence-electron chi connectivity index (χ1n) is 5.62. The normalized spacial score (nSPS) is 22.1. The van der Waals surface area contributed by atoms with Crippen LogP contribution in [0.5, 0.6) is 0 Å². The lowest BCUT2D eigenvalue weighted by molar-refractivity contribution is -0.132. The molecule has 1 aliphatic heterocycles. The van der Waals surface area contributed by atoms with Crippen molar-refractivity contribution in [3.8, 4) is 0 Å². The van der Waals surface area contributed by atoms with Gasteiger partial charge in [0.25, 0.3) is 0 Å². The van der Waals surface area contributed by atoms with Gasteiger partial charge in [-0.25, -0.2) is 13.1 Å². The highest BCUT2D eigenvalue weighted by molar-refractivity contribution is 7.88. The Balaban J connectivity index is 2.41. The highest BCUT2D eigenvalue weighted by atomic mass is 32.2. The average Bonchev–Trinajstić information content (AvgIpc) is 2.16. The van der Waals surface area contributed by atoms with Crippen molar-refractivity contribution in [2.24, 2.45) is 0 Å². The van der Waals surface area contributed by atoms with Crippen LogP contribution in [0.3, 0.4) is 0 Å². The number of hydrogen-bond acceptors (Lipinski definition) is 3. The van der Waals surface area contributed by atoms with Gasteiger partial charge in [0, 0.05) is 26.1 Å². The smallest absolute Gasteiger partial charge is 0.219 e. The summed E-state index contributed by atoms with van der Waals surface area (Å²) in [6, 6.07) is 0.195. The number of piperidine rings is 1. The van der Waals surface area contributed by atoms with Crippen LogP contribution in [0.15, 0.2) is 0 Å². The van der Waals surface area contributed by atoms with Crippen LogP contribution >= 0.6 is 0 Å². The largest absolute Gasteiger partial charge is 0.340 e. The second-order valence-corrected chi connectivity index (χ2v) is 6.15. The molecule has 1 N–H and O–H groups in total. The summed E-state index contributed by atoms with van der Waals surface area (Å²) in [6.07, 6.45) is 5.00. The molecule has 1 fully saturated rings. The highest BCUT2D eigenvalue weighted by Gasteiger charge is 2.23. The van der Waals surface area contributed by atoms with E-state index in [1.165, 1.54) is 0 Å². The number of likely N-dealkylation sites (tertiary alicyclic amines) is 1. The van der Waals surface area contributed by atoms with Gasteiger partial charge < -0.3 is 4.90 Å². The zero-order valence-corrected chi connectivity index (χ0v) is 10.7. The van der Waals surface area contributed by atoms with Crippen molar-refractivity contribution >= 4 is 15.9 Å². The van der Waals surface area contributed by atoms with Crippen molar-refractivity contribution in [1.82, 2.24) is 9.62 Å². The summed E-state index contributed by atoms with van der Waals surface area (Å²) >= 11 is 0. The van der Waals surface area contributed by atoms with E-state index >= 15 is 0 Å². The van der Waals surface area contributed by atoms with Gasteiger partial charge in [-0.2, -0.15) is 0 Å². The Labute approximate surface area is 97.2 Å². The van der Waals surface area contributed by atoms with Crippen molar-refractivity contribution in [3.05, 3.63) is 0 Å². The van der Waals surface area contributed by atoms with E-state index in [9.17, 15) is 13.2 Å². The molecule has 0 radical (unpaired) electrons. The Morgan fingerprint density at radius 3 is 2.69 bits per heavy atom. The van der Waals surface area contributed by atoms with E-state index in [2.05, 4.69) is 4.72 Å². The number of nitrogens with one attached hydrogen (secondary N) is 1. The molecule has 6 heteroatoms. The predicted molar refractivity (Wildman–Crippen MR) is 62.5 cm³/mol. The Kier molecular flexibility index (Phi) is 4.73. The average molecular weight is 248 g/mol. The molecule has 0 saturated carbocycles. The number of nitrogens with zero attached hydrogens (tertiary/aromatic N) is 1. The van der Waals surface area contributed by atoms with Crippen LogP contribution < -0.4 is 4.72 Å². The third-order valence-electron chi connectivity index (χ3n) is 2.87. The second-order valence-electron chi connectivity index (χ2n) is 4.32. The lowest BCUT2D eigenvalue weighted by Crippen LogP contribution is -2.44. The fourth-order valence-corrected chi connectivity index (χ4v) is 2.61. The van der Waals surface area contributed by atoms with Crippen LogP contribution in [-0.4, -0.2) is 44.6 Å². The zero-order valence-electron chi connectivity index (χ0n) is 9.90. The first kappa shape index (κ1) is 13.4. The van der Waals surface area contributed by atoms with E-state index in [0.717, 1.165) is 32.1 Å². The van der Waals surface area contributed by atoms with Crippen LogP contribution in [0, 0.1) is 0 Å². The summed E-state index contributed by atoms with van der Waals surface area (Å²) in [4.78, 5) is 13.2. The fourth-order valence-electron chi connectivity index (χ4n) is 2.13. The number of amides is 1. The predicted octanol–water partition coefficient (Wildman–Crippen LogP) is 0.327. The molecule has 16 heavy (non-hydrogen) atoms. The van der Waals surface area contributed by atoms with Crippen LogP contribution in [0.1, 0.15) is 32.6 Å². The number of hydrogen-bond donors (Lipinski definition) is 1. The summed E-state index contributed by atoms with van der Waals surface area (Å²) < 4.78 is 24.3. The van der Waals surface area contributed by atoms with Crippen LogP contribution in [0.2, 0.25) is 0 Å². The summed E-state index contributed by atoms with van der Waals surface area (Å²) in [5.41, 5.74) is 0. The second kappa shape index (κ2) is 5.63. The van der Waals surface area contributed by atoms with Crippen molar-refractivity contribution in [2.45, 2.75) is 38.6 Å². The Morgan fingerprint density at radius 1 is 1.44 bits per heavy atom. The Hall–Kier alpha value is -0.620. The lowest BCUT2D eigenvalue weighted by atomic mass is 9.99. The van der Waals surface area contributed by atoms with E-state index in [1.807, 2.05) is 4.90 Å². The van der Waals surface area contributed by atoms with Crippen molar-refractivity contribution < 1.29 is 13.2 Å². The van der Waals surface area contributed by atoms with Gasteiger partial charge in [0.15, 0.2) is 0 Å². The fraction of sp³-hybridized carbons (Fsp3) is 0.900. The van der Waals surface area contributed by atoms with Gasteiger partial charge in [0.2, 0.25) is 15.9 Å². The van der Waals surface area contributed by atoms with Gasteiger partial charge in [-0.15, -0.1) is 0 Å². The first-order chi connectivity index (χ1) is 7.40. The molecule has 94 valence electrons. The van der Waals surface area contributed by atoms with E-state index in [1.54, 1.807) is 6.92 Å². The van der Waals surface area contributed by atoms with Gasteiger partial charge in [0.1, 0.15) is 0 Å². The van der Waals surface area contributed by atoms with E-state index in [4.69, 9.17) is 0 Å². The third kappa shape index (κ3) is 4.49. The molecule has 1 heterocycles. The number of carbonyl (C=O) groups is 1. The molecule has 0 spiro atoms. The molecule has 0 aromatic heterocycles. The summed E-state index contributed by atoms with van der Waals surface area (Å²) in [7, 11) is -3.12. The van der Waals surface area contributed by atoms with Gasteiger partial charge >= 0.3 is 0 Å². The molecule has 1 aliphatic rings. The Morgan fingerprint density at radius 2 is 2.12 bits per heavy atom.